The number of nitrogens with zero attached hydrogens (tertiary/aromatic N) is 1. The first-order chi connectivity index (χ1) is 10.2. The topological polar surface area (TPSA) is 60.9 Å². The molecule has 1 atom stereocenters. The first-order valence-corrected chi connectivity index (χ1v) is 6.83. The molecule has 5 nitrogen and oxygen atoms in total. The Morgan fingerprint density at radius 2 is 1.95 bits per heavy atom. The standard InChI is InChI=1S/C16H22N2O3/c1-18(10-12-6-7-21-11-12)14(9-17)13-4-5-15(19-2)16(8-13)20-3/h4-8,11,14H,9-10,17H2,1-3H3. The average molecular weight is 290 g/mol. The number of benzene rings is 1. The normalized spacial score (nSPS) is 12.4. The van der Waals surface area contributed by atoms with Crippen molar-refractivity contribution in [3.63, 3.8) is 0 Å². The van der Waals surface area contributed by atoms with Gasteiger partial charge in [0.2, 0.25) is 0 Å². The third-order valence-corrected chi connectivity index (χ3v) is 3.56. The maximum atomic E-state index is 5.96. The first-order valence-electron chi connectivity index (χ1n) is 6.83. The van der Waals surface area contributed by atoms with Crippen molar-refractivity contribution >= 4 is 0 Å². The van der Waals surface area contributed by atoms with E-state index < -0.39 is 0 Å². The summed E-state index contributed by atoms with van der Waals surface area (Å²) in [6.45, 7) is 1.29. The molecule has 0 saturated heterocycles. The molecule has 2 rings (SSSR count). The summed E-state index contributed by atoms with van der Waals surface area (Å²) in [5.74, 6) is 1.43. The van der Waals surface area contributed by atoms with E-state index in [9.17, 15) is 0 Å². The molecule has 114 valence electrons. The number of hydrogen-bond donors (Lipinski definition) is 1. The fourth-order valence-corrected chi connectivity index (χ4v) is 2.41. The second kappa shape index (κ2) is 7.15. The average Bonchev–Trinajstić information content (AvgIpc) is 3.00. The zero-order chi connectivity index (χ0) is 15.2. The Morgan fingerprint density at radius 1 is 1.19 bits per heavy atom. The second-order valence-corrected chi connectivity index (χ2v) is 4.91. The Balaban J connectivity index is 2.20. The number of nitrogens with two attached hydrogens (primary N) is 1. The molecule has 2 N–H and O–H groups in total. The molecule has 0 saturated carbocycles. The summed E-state index contributed by atoms with van der Waals surface area (Å²) in [5, 5.41) is 0. The van der Waals surface area contributed by atoms with Crippen LogP contribution in [0, 0.1) is 0 Å². The van der Waals surface area contributed by atoms with Gasteiger partial charge in [0.15, 0.2) is 11.5 Å². The van der Waals surface area contributed by atoms with E-state index in [1.165, 1.54) is 0 Å². The largest absolute Gasteiger partial charge is 0.493 e. The zero-order valence-electron chi connectivity index (χ0n) is 12.7. The maximum absolute atomic E-state index is 5.96. The number of ether oxygens (including phenoxy) is 2. The molecule has 1 aromatic carbocycles. The summed E-state index contributed by atoms with van der Waals surface area (Å²) in [6, 6.07) is 7.95. The van der Waals surface area contributed by atoms with Crippen LogP contribution in [0.25, 0.3) is 0 Å². The van der Waals surface area contributed by atoms with Gasteiger partial charge in [-0.3, -0.25) is 4.90 Å². The van der Waals surface area contributed by atoms with Gasteiger partial charge in [0.05, 0.1) is 26.7 Å². The molecule has 0 aliphatic heterocycles. The van der Waals surface area contributed by atoms with E-state index in [-0.39, 0.29) is 6.04 Å². The number of methoxy groups -OCH3 is 2. The van der Waals surface area contributed by atoms with Crippen LogP contribution in [0.2, 0.25) is 0 Å². The second-order valence-electron chi connectivity index (χ2n) is 4.91. The number of likely N-dealkylation sites (N-methyl/N-ethyl adjacent to an activating group) is 1. The third-order valence-electron chi connectivity index (χ3n) is 3.56. The molecule has 0 bridgehead atoms. The SMILES string of the molecule is COc1ccc(C(CN)N(C)Cc2ccoc2)cc1OC. The summed E-state index contributed by atoms with van der Waals surface area (Å²) in [7, 11) is 5.30. The van der Waals surface area contributed by atoms with Crippen molar-refractivity contribution in [2.24, 2.45) is 5.73 Å². The van der Waals surface area contributed by atoms with Crippen LogP contribution >= 0.6 is 0 Å². The molecule has 5 heteroatoms. The van der Waals surface area contributed by atoms with E-state index in [2.05, 4.69) is 4.90 Å². The zero-order valence-corrected chi connectivity index (χ0v) is 12.7. The highest BCUT2D eigenvalue weighted by molar-refractivity contribution is 5.43. The Kier molecular flexibility index (Phi) is 5.25. The smallest absolute Gasteiger partial charge is 0.161 e. The Morgan fingerprint density at radius 3 is 2.52 bits per heavy atom. The monoisotopic (exact) mass is 290 g/mol. The van der Waals surface area contributed by atoms with Crippen LogP contribution in [0.1, 0.15) is 17.2 Å². The van der Waals surface area contributed by atoms with Crippen molar-refractivity contribution in [1.29, 1.82) is 0 Å². The van der Waals surface area contributed by atoms with E-state index in [4.69, 9.17) is 19.6 Å². The number of hydrogen-bond acceptors (Lipinski definition) is 5. The molecule has 0 aliphatic rings. The van der Waals surface area contributed by atoms with Crippen LogP contribution in [0.3, 0.4) is 0 Å². The molecule has 0 amide bonds. The third kappa shape index (κ3) is 3.56. The van der Waals surface area contributed by atoms with Crippen molar-refractivity contribution in [3.05, 3.63) is 47.9 Å². The highest BCUT2D eigenvalue weighted by Crippen LogP contribution is 2.31. The van der Waals surface area contributed by atoms with E-state index in [0.717, 1.165) is 23.4 Å². The van der Waals surface area contributed by atoms with Gasteiger partial charge in [-0.2, -0.15) is 0 Å². The van der Waals surface area contributed by atoms with Crippen molar-refractivity contribution < 1.29 is 13.9 Å². The molecule has 1 heterocycles. The fraction of sp³-hybridized carbons (Fsp3) is 0.375. The molecule has 21 heavy (non-hydrogen) atoms. The highest BCUT2D eigenvalue weighted by atomic mass is 16.5. The van der Waals surface area contributed by atoms with Crippen LogP contribution in [-0.4, -0.2) is 32.7 Å². The molecule has 0 radical (unpaired) electrons. The van der Waals surface area contributed by atoms with Crippen molar-refractivity contribution in [2.75, 3.05) is 27.8 Å². The minimum absolute atomic E-state index is 0.0970. The lowest BCUT2D eigenvalue weighted by molar-refractivity contribution is 0.240. The maximum Gasteiger partial charge on any atom is 0.161 e. The fourth-order valence-electron chi connectivity index (χ4n) is 2.41. The van der Waals surface area contributed by atoms with E-state index in [1.54, 1.807) is 26.7 Å². The van der Waals surface area contributed by atoms with Gasteiger partial charge < -0.3 is 19.6 Å². The van der Waals surface area contributed by atoms with Crippen molar-refractivity contribution in [3.8, 4) is 11.5 Å². The van der Waals surface area contributed by atoms with Crippen LogP contribution in [0.4, 0.5) is 0 Å². The van der Waals surface area contributed by atoms with Gasteiger partial charge in [-0.1, -0.05) is 6.07 Å². The molecule has 0 aliphatic carbocycles. The summed E-state index contributed by atoms with van der Waals surface area (Å²) < 4.78 is 15.7. The molecular formula is C16H22N2O3. The lowest BCUT2D eigenvalue weighted by Gasteiger charge is -2.27. The van der Waals surface area contributed by atoms with E-state index in [0.29, 0.717) is 12.3 Å². The van der Waals surface area contributed by atoms with Gasteiger partial charge in [-0.05, 0) is 30.8 Å². The molecule has 0 spiro atoms. The Labute approximate surface area is 125 Å². The van der Waals surface area contributed by atoms with Gasteiger partial charge >= 0.3 is 0 Å². The Bertz CT molecular complexity index is 555. The minimum Gasteiger partial charge on any atom is -0.493 e. The van der Waals surface area contributed by atoms with Crippen LogP contribution in [-0.2, 0) is 6.54 Å². The lowest BCUT2D eigenvalue weighted by Crippen LogP contribution is -2.30. The van der Waals surface area contributed by atoms with Crippen molar-refractivity contribution in [2.45, 2.75) is 12.6 Å². The summed E-state index contributed by atoms with van der Waals surface area (Å²) in [6.07, 6.45) is 3.43. The Hall–Kier alpha value is -1.98. The molecule has 2 aromatic rings. The number of furan rings is 1. The molecule has 1 aromatic heterocycles. The van der Waals surface area contributed by atoms with E-state index >= 15 is 0 Å². The molecular weight excluding hydrogens is 268 g/mol. The summed E-state index contributed by atoms with van der Waals surface area (Å²) in [5.41, 5.74) is 8.18. The van der Waals surface area contributed by atoms with Gasteiger partial charge in [-0.15, -0.1) is 0 Å². The van der Waals surface area contributed by atoms with E-state index in [1.807, 2.05) is 31.3 Å². The predicted octanol–water partition coefficient (Wildman–Crippen LogP) is 2.43. The van der Waals surface area contributed by atoms with Gasteiger partial charge in [0.1, 0.15) is 0 Å². The van der Waals surface area contributed by atoms with Crippen LogP contribution < -0.4 is 15.2 Å². The first kappa shape index (κ1) is 15.4. The molecule has 0 fully saturated rings. The molecule has 1 unspecified atom stereocenters. The lowest BCUT2D eigenvalue weighted by atomic mass is 10.0. The van der Waals surface area contributed by atoms with Crippen molar-refractivity contribution in [1.82, 2.24) is 4.90 Å². The highest BCUT2D eigenvalue weighted by Gasteiger charge is 2.18. The van der Waals surface area contributed by atoms with Gasteiger partial charge in [0.25, 0.3) is 0 Å². The van der Waals surface area contributed by atoms with Crippen LogP contribution in [0.15, 0.2) is 41.2 Å². The summed E-state index contributed by atoms with van der Waals surface area (Å²) in [4.78, 5) is 2.19. The number of rotatable bonds is 7. The van der Waals surface area contributed by atoms with Gasteiger partial charge in [-0.25, -0.2) is 0 Å². The summed E-state index contributed by atoms with van der Waals surface area (Å²) >= 11 is 0. The quantitative estimate of drug-likeness (QED) is 0.848. The van der Waals surface area contributed by atoms with Crippen LogP contribution in [0.5, 0.6) is 11.5 Å². The predicted molar refractivity (Wildman–Crippen MR) is 81.5 cm³/mol. The minimum atomic E-state index is 0.0970. The van der Waals surface area contributed by atoms with Gasteiger partial charge in [0, 0.05) is 24.7 Å².